The van der Waals surface area contributed by atoms with E-state index in [1.165, 1.54) is 20.2 Å². The molecular formula is C19H23N3O5S. The van der Waals surface area contributed by atoms with E-state index in [4.69, 9.17) is 9.47 Å². The Hall–Kier alpha value is -3.07. The normalized spacial score (nSPS) is 12.4. The average Bonchev–Trinajstić information content (AvgIpc) is 2.68. The lowest BCUT2D eigenvalue weighted by Gasteiger charge is -2.27. The van der Waals surface area contributed by atoms with Crippen LogP contribution in [0.15, 0.2) is 53.6 Å². The Bertz CT molecular complexity index is 925. The topological polar surface area (TPSA) is 97.3 Å². The van der Waals surface area contributed by atoms with Crippen LogP contribution in [0, 0.1) is 0 Å². The molecule has 0 aromatic heterocycles. The number of nitrogens with one attached hydrogen (secondary N) is 1. The van der Waals surface area contributed by atoms with Gasteiger partial charge < -0.3 is 9.47 Å². The Kier molecular flexibility index (Phi) is 7.00. The molecule has 9 heteroatoms. The van der Waals surface area contributed by atoms with Crippen molar-refractivity contribution in [3.05, 3.63) is 54.1 Å². The van der Waals surface area contributed by atoms with E-state index >= 15 is 0 Å². The number of methoxy groups -OCH3 is 2. The maximum atomic E-state index is 12.4. The summed E-state index contributed by atoms with van der Waals surface area (Å²) in [6, 6.07) is 12.5. The van der Waals surface area contributed by atoms with E-state index in [-0.39, 0.29) is 0 Å². The Labute approximate surface area is 164 Å². The van der Waals surface area contributed by atoms with Gasteiger partial charge in [-0.3, -0.25) is 9.10 Å². The number of hydrogen-bond acceptors (Lipinski definition) is 6. The molecular weight excluding hydrogens is 382 g/mol. The van der Waals surface area contributed by atoms with E-state index in [0.717, 1.165) is 16.1 Å². The molecule has 2 aromatic rings. The summed E-state index contributed by atoms with van der Waals surface area (Å²) in [6.45, 7) is 1.49. The molecule has 8 nitrogen and oxygen atoms in total. The molecule has 0 saturated heterocycles. The molecule has 0 radical (unpaired) electrons. The summed E-state index contributed by atoms with van der Waals surface area (Å²) >= 11 is 0. The fourth-order valence-electron chi connectivity index (χ4n) is 2.49. The second-order valence-electron chi connectivity index (χ2n) is 5.94. The molecule has 28 heavy (non-hydrogen) atoms. The van der Waals surface area contributed by atoms with Crippen molar-refractivity contribution in [2.24, 2.45) is 5.10 Å². The van der Waals surface area contributed by atoms with Crippen molar-refractivity contribution in [2.45, 2.75) is 13.0 Å². The van der Waals surface area contributed by atoms with E-state index in [2.05, 4.69) is 10.5 Å². The van der Waals surface area contributed by atoms with Crippen LogP contribution >= 0.6 is 0 Å². The first-order valence-corrected chi connectivity index (χ1v) is 10.2. The summed E-state index contributed by atoms with van der Waals surface area (Å²) in [7, 11) is -0.616. The standard InChI is InChI=1S/C19H23N3O5S/c1-14(19(23)21-20-13-15-5-9-17(26-2)10-6-15)22(28(4,24)25)16-7-11-18(27-3)12-8-16/h5-14H,1-4H3,(H,21,23)/b20-13+. The summed E-state index contributed by atoms with van der Waals surface area (Å²) in [5, 5.41) is 3.90. The molecule has 0 fully saturated rings. The van der Waals surface area contributed by atoms with E-state index in [0.29, 0.717) is 17.2 Å². The minimum Gasteiger partial charge on any atom is -0.497 e. The van der Waals surface area contributed by atoms with Gasteiger partial charge >= 0.3 is 0 Å². The second-order valence-corrected chi connectivity index (χ2v) is 7.80. The van der Waals surface area contributed by atoms with Gasteiger partial charge in [0.1, 0.15) is 17.5 Å². The summed E-state index contributed by atoms with van der Waals surface area (Å²) < 4.78 is 35.7. The van der Waals surface area contributed by atoms with Crippen molar-refractivity contribution < 1.29 is 22.7 Å². The van der Waals surface area contributed by atoms with Crippen LogP contribution in [0.5, 0.6) is 11.5 Å². The highest BCUT2D eigenvalue weighted by Crippen LogP contribution is 2.23. The van der Waals surface area contributed by atoms with Gasteiger partial charge in [-0.05, 0) is 61.0 Å². The highest BCUT2D eigenvalue weighted by Gasteiger charge is 2.29. The molecule has 0 aliphatic carbocycles. The van der Waals surface area contributed by atoms with E-state index in [9.17, 15) is 13.2 Å². The van der Waals surface area contributed by atoms with Gasteiger partial charge in [-0.2, -0.15) is 5.10 Å². The molecule has 0 heterocycles. The lowest BCUT2D eigenvalue weighted by atomic mass is 10.2. The molecule has 0 spiro atoms. The van der Waals surface area contributed by atoms with Crippen LogP contribution in [-0.2, 0) is 14.8 Å². The zero-order chi connectivity index (χ0) is 20.7. The smallest absolute Gasteiger partial charge is 0.263 e. The largest absolute Gasteiger partial charge is 0.497 e. The first kappa shape index (κ1) is 21.2. The van der Waals surface area contributed by atoms with Crippen LogP contribution in [0.3, 0.4) is 0 Å². The zero-order valence-corrected chi connectivity index (χ0v) is 16.9. The molecule has 1 amide bonds. The van der Waals surface area contributed by atoms with E-state index in [1.54, 1.807) is 55.6 Å². The summed E-state index contributed by atoms with van der Waals surface area (Å²) in [5.41, 5.74) is 3.48. The summed E-state index contributed by atoms with van der Waals surface area (Å²) in [6.07, 6.45) is 2.50. The number of benzene rings is 2. The number of amides is 1. The number of rotatable bonds is 8. The Morgan fingerprint density at radius 3 is 2.00 bits per heavy atom. The fourth-order valence-corrected chi connectivity index (χ4v) is 3.67. The number of carbonyl (C=O) groups is 1. The maximum Gasteiger partial charge on any atom is 0.263 e. The van der Waals surface area contributed by atoms with Gasteiger partial charge in [-0.15, -0.1) is 0 Å². The SMILES string of the molecule is COc1ccc(/C=N/NC(=O)C(C)N(c2ccc(OC)cc2)S(C)(=O)=O)cc1. The molecule has 150 valence electrons. The van der Waals surface area contributed by atoms with Crippen molar-refractivity contribution in [1.82, 2.24) is 5.43 Å². The number of hydrogen-bond donors (Lipinski definition) is 1. The van der Waals surface area contributed by atoms with Crippen molar-refractivity contribution in [1.29, 1.82) is 0 Å². The molecule has 2 rings (SSSR count). The summed E-state index contributed by atoms with van der Waals surface area (Å²) in [5.74, 6) is 0.725. The third kappa shape index (κ3) is 5.46. The molecule has 0 saturated carbocycles. The van der Waals surface area contributed by atoms with Gasteiger partial charge in [0.15, 0.2) is 0 Å². The minimum absolute atomic E-state index is 0.352. The van der Waals surface area contributed by atoms with Gasteiger partial charge in [0, 0.05) is 0 Å². The van der Waals surface area contributed by atoms with Gasteiger partial charge in [-0.1, -0.05) is 0 Å². The Morgan fingerprint density at radius 2 is 1.54 bits per heavy atom. The first-order chi connectivity index (χ1) is 13.3. The Morgan fingerprint density at radius 1 is 1.04 bits per heavy atom. The monoisotopic (exact) mass is 405 g/mol. The molecule has 0 aliphatic heterocycles. The van der Waals surface area contributed by atoms with Crippen molar-refractivity contribution in [3.8, 4) is 11.5 Å². The van der Waals surface area contributed by atoms with E-state index in [1.807, 2.05) is 0 Å². The quantitative estimate of drug-likeness (QED) is 0.535. The molecule has 0 bridgehead atoms. The van der Waals surface area contributed by atoms with Crippen molar-refractivity contribution in [2.75, 3.05) is 24.8 Å². The molecule has 1 unspecified atom stereocenters. The second kappa shape index (κ2) is 9.23. The van der Waals surface area contributed by atoms with Crippen LogP contribution < -0.4 is 19.2 Å². The van der Waals surface area contributed by atoms with Crippen LogP contribution in [0.2, 0.25) is 0 Å². The lowest BCUT2D eigenvalue weighted by Crippen LogP contribution is -2.46. The predicted molar refractivity (Wildman–Crippen MR) is 109 cm³/mol. The maximum absolute atomic E-state index is 12.4. The van der Waals surface area contributed by atoms with Gasteiger partial charge in [-0.25, -0.2) is 13.8 Å². The predicted octanol–water partition coefficient (Wildman–Crippen LogP) is 2.01. The highest BCUT2D eigenvalue weighted by atomic mass is 32.2. The van der Waals surface area contributed by atoms with Crippen LogP contribution in [0.4, 0.5) is 5.69 Å². The number of nitrogens with zero attached hydrogens (tertiary/aromatic N) is 2. The van der Waals surface area contributed by atoms with Crippen molar-refractivity contribution in [3.63, 3.8) is 0 Å². The third-order valence-electron chi connectivity index (χ3n) is 3.92. The minimum atomic E-state index is -3.70. The molecule has 1 atom stereocenters. The highest BCUT2D eigenvalue weighted by molar-refractivity contribution is 7.92. The zero-order valence-electron chi connectivity index (χ0n) is 16.1. The third-order valence-corrected chi connectivity index (χ3v) is 5.16. The number of hydrazone groups is 1. The number of ether oxygens (including phenoxy) is 2. The molecule has 1 N–H and O–H groups in total. The van der Waals surface area contributed by atoms with Gasteiger partial charge in [0.2, 0.25) is 10.0 Å². The van der Waals surface area contributed by atoms with Crippen LogP contribution in [0.25, 0.3) is 0 Å². The molecule has 0 aliphatic rings. The Balaban J connectivity index is 2.13. The number of anilines is 1. The lowest BCUT2D eigenvalue weighted by molar-refractivity contribution is -0.121. The van der Waals surface area contributed by atoms with Crippen LogP contribution in [-0.4, -0.2) is 47.1 Å². The van der Waals surface area contributed by atoms with Gasteiger partial charge in [0.05, 0.1) is 32.4 Å². The van der Waals surface area contributed by atoms with E-state index < -0.39 is 22.0 Å². The number of sulfonamides is 1. The summed E-state index contributed by atoms with van der Waals surface area (Å²) in [4.78, 5) is 12.4. The average molecular weight is 405 g/mol. The molecule has 2 aromatic carbocycles. The van der Waals surface area contributed by atoms with Crippen molar-refractivity contribution >= 4 is 27.8 Å². The first-order valence-electron chi connectivity index (χ1n) is 8.36. The number of carbonyl (C=O) groups excluding carboxylic acids is 1. The van der Waals surface area contributed by atoms with Crippen LogP contribution in [0.1, 0.15) is 12.5 Å². The van der Waals surface area contributed by atoms with Gasteiger partial charge in [0.25, 0.3) is 5.91 Å². The fraction of sp³-hybridized carbons (Fsp3) is 0.263.